The summed E-state index contributed by atoms with van der Waals surface area (Å²) in [5.74, 6) is 0.451. The van der Waals surface area contributed by atoms with E-state index in [9.17, 15) is 8.42 Å². The van der Waals surface area contributed by atoms with Crippen molar-refractivity contribution in [3.63, 3.8) is 0 Å². The van der Waals surface area contributed by atoms with E-state index >= 15 is 0 Å². The second kappa shape index (κ2) is 6.49. The zero-order valence-electron chi connectivity index (χ0n) is 12.0. The van der Waals surface area contributed by atoms with Crippen LogP contribution < -0.4 is 5.32 Å². The molecule has 20 heavy (non-hydrogen) atoms. The third kappa shape index (κ3) is 3.27. The van der Waals surface area contributed by atoms with E-state index in [1.807, 2.05) is 6.92 Å². The molecule has 1 N–H and O–H groups in total. The Bertz CT molecular complexity index is 524. The van der Waals surface area contributed by atoms with Crippen LogP contribution in [0, 0.1) is 0 Å². The molecule has 0 amide bonds. The minimum absolute atomic E-state index is 0.0993. The van der Waals surface area contributed by atoms with Crippen molar-refractivity contribution in [2.75, 3.05) is 18.9 Å². The molecule has 2 rings (SSSR count). The second-order valence-electron chi connectivity index (χ2n) is 5.09. The maximum atomic E-state index is 12.5. The summed E-state index contributed by atoms with van der Waals surface area (Å²) in [6.45, 7) is 2.64. The van der Waals surface area contributed by atoms with Gasteiger partial charge < -0.3 is 5.32 Å². The summed E-state index contributed by atoms with van der Waals surface area (Å²) in [5.41, 5.74) is 0. The van der Waals surface area contributed by atoms with Gasteiger partial charge in [-0.1, -0.05) is 19.3 Å². The predicted molar refractivity (Wildman–Crippen MR) is 78.0 cm³/mol. The zero-order valence-corrected chi connectivity index (χ0v) is 12.9. The van der Waals surface area contributed by atoms with Gasteiger partial charge in [-0.05, 0) is 19.8 Å². The van der Waals surface area contributed by atoms with E-state index in [0.717, 1.165) is 25.7 Å². The van der Waals surface area contributed by atoms with Crippen molar-refractivity contribution in [2.45, 2.75) is 50.0 Å². The predicted octanol–water partition coefficient (Wildman–Crippen LogP) is 1.86. The van der Waals surface area contributed by atoms with Gasteiger partial charge >= 0.3 is 0 Å². The molecule has 0 unspecified atom stereocenters. The lowest BCUT2D eigenvalue weighted by atomic mass is 9.96. The van der Waals surface area contributed by atoms with E-state index < -0.39 is 10.0 Å². The van der Waals surface area contributed by atoms with Crippen LogP contribution in [0.5, 0.6) is 0 Å². The number of nitrogens with one attached hydrogen (secondary N) is 1. The van der Waals surface area contributed by atoms with E-state index in [1.54, 1.807) is 7.05 Å². The Morgan fingerprint density at radius 3 is 2.40 bits per heavy atom. The van der Waals surface area contributed by atoms with Gasteiger partial charge in [0.2, 0.25) is 16.0 Å². The highest BCUT2D eigenvalue weighted by atomic mass is 32.2. The first kappa shape index (κ1) is 15.2. The topological polar surface area (TPSA) is 75.2 Å². The standard InChI is InChI=1S/C13H22N4O2S/c1-3-14-13-15-9-12(10-16-13)20(18,19)17(2)11-7-5-4-6-8-11/h9-11H,3-8H2,1-2H3,(H,14,15,16). The molecule has 0 spiro atoms. The molecule has 1 aromatic heterocycles. The van der Waals surface area contributed by atoms with Crippen LogP contribution in [-0.2, 0) is 10.0 Å². The highest BCUT2D eigenvalue weighted by molar-refractivity contribution is 7.89. The van der Waals surface area contributed by atoms with E-state index in [-0.39, 0.29) is 10.9 Å². The van der Waals surface area contributed by atoms with Crippen molar-refractivity contribution in [1.29, 1.82) is 0 Å². The van der Waals surface area contributed by atoms with Crippen LogP contribution in [0.4, 0.5) is 5.95 Å². The molecule has 0 radical (unpaired) electrons. The Hall–Kier alpha value is -1.21. The fraction of sp³-hybridized carbons (Fsp3) is 0.692. The lowest BCUT2D eigenvalue weighted by Gasteiger charge is -2.30. The monoisotopic (exact) mass is 298 g/mol. The quantitative estimate of drug-likeness (QED) is 0.898. The molecular weight excluding hydrogens is 276 g/mol. The van der Waals surface area contributed by atoms with Crippen molar-refractivity contribution >= 4 is 16.0 Å². The zero-order chi connectivity index (χ0) is 14.6. The lowest BCUT2D eigenvalue weighted by Crippen LogP contribution is -2.38. The first-order valence-corrected chi connectivity index (χ1v) is 8.53. The smallest absolute Gasteiger partial charge is 0.246 e. The molecule has 0 saturated heterocycles. The minimum Gasteiger partial charge on any atom is -0.355 e. The Balaban J connectivity index is 2.15. The van der Waals surface area contributed by atoms with Gasteiger partial charge in [0.1, 0.15) is 4.90 Å². The molecule has 112 valence electrons. The van der Waals surface area contributed by atoms with E-state index in [1.165, 1.54) is 23.1 Å². The lowest BCUT2D eigenvalue weighted by molar-refractivity contribution is 0.285. The van der Waals surface area contributed by atoms with Crippen LogP contribution in [-0.4, -0.2) is 42.3 Å². The molecule has 1 fully saturated rings. The van der Waals surface area contributed by atoms with Gasteiger partial charge in [0, 0.05) is 19.6 Å². The van der Waals surface area contributed by atoms with E-state index in [0.29, 0.717) is 12.5 Å². The number of nitrogens with zero attached hydrogens (tertiary/aromatic N) is 3. The first-order valence-electron chi connectivity index (χ1n) is 7.09. The number of hydrogen-bond acceptors (Lipinski definition) is 5. The molecule has 0 atom stereocenters. The van der Waals surface area contributed by atoms with E-state index in [2.05, 4.69) is 15.3 Å². The van der Waals surface area contributed by atoms with Crippen LogP contribution in [0.2, 0.25) is 0 Å². The third-order valence-corrected chi connectivity index (χ3v) is 5.59. The Kier molecular flexibility index (Phi) is 4.93. The van der Waals surface area contributed by atoms with E-state index in [4.69, 9.17) is 0 Å². The average molecular weight is 298 g/mol. The normalized spacial score (nSPS) is 17.4. The number of anilines is 1. The second-order valence-corrected chi connectivity index (χ2v) is 7.08. The highest BCUT2D eigenvalue weighted by Gasteiger charge is 2.29. The largest absolute Gasteiger partial charge is 0.355 e. The molecule has 1 saturated carbocycles. The maximum Gasteiger partial charge on any atom is 0.246 e. The van der Waals surface area contributed by atoms with Gasteiger partial charge in [-0.25, -0.2) is 18.4 Å². The Labute approximate surface area is 120 Å². The van der Waals surface area contributed by atoms with Crippen LogP contribution in [0.1, 0.15) is 39.0 Å². The Morgan fingerprint density at radius 2 is 1.85 bits per heavy atom. The van der Waals surface area contributed by atoms with Gasteiger partial charge in [0.05, 0.1) is 12.4 Å². The van der Waals surface area contributed by atoms with Crippen LogP contribution in [0.25, 0.3) is 0 Å². The number of hydrogen-bond donors (Lipinski definition) is 1. The molecule has 0 aromatic carbocycles. The summed E-state index contributed by atoms with van der Waals surface area (Å²) in [6.07, 6.45) is 8.02. The number of rotatable bonds is 5. The van der Waals surface area contributed by atoms with Gasteiger partial charge in [0.15, 0.2) is 0 Å². The maximum absolute atomic E-state index is 12.5. The minimum atomic E-state index is -3.49. The van der Waals surface area contributed by atoms with Crippen LogP contribution in [0.3, 0.4) is 0 Å². The fourth-order valence-corrected chi connectivity index (χ4v) is 3.81. The Morgan fingerprint density at radius 1 is 1.25 bits per heavy atom. The van der Waals surface area contributed by atoms with Crippen LogP contribution >= 0.6 is 0 Å². The summed E-state index contributed by atoms with van der Waals surface area (Å²) in [6, 6.07) is 0.0993. The summed E-state index contributed by atoms with van der Waals surface area (Å²) in [4.78, 5) is 8.23. The molecule has 1 heterocycles. The molecule has 0 bridgehead atoms. The van der Waals surface area contributed by atoms with Crippen molar-refractivity contribution in [2.24, 2.45) is 0 Å². The number of sulfonamides is 1. The summed E-state index contributed by atoms with van der Waals surface area (Å²) in [5, 5.41) is 2.95. The molecule has 1 aliphatic carbocycles. The van der Waals surface area contributed by atoms with Crippen molar-refractivity contribution in [3.8, 4) is 0 Å². The SMILES string of the molecule is CCNc1ncc(S(=O)(=O)N(C)C2CCCCC2)cn1. The van der Waals surface area contributed by atoms with Crippen molar-refractivity contribution in [3.05, 3.63) is 12.4 Å². The van der Waals surface area contributed by atoms with Crippen LogP contribution in [0.15, 0.2) is 17.3 Å². The number of aromatic nitrogens is 2. The molecule has 0 aliphatic heterocycles. The van der Waals surface area contributed by atoms with Crippen molar-refractivity contribution in [1.82, 2.24) is 14.3 Å². The molecule has 6 nitrogen and oxygen atoms in total. The van der Waals surface area contributed by atoms with Gasteiger partial charge in [-0.2, -0.15) is 4.31 Å². The first-order chi connectivity index (χ1) is 9.55. The van der Waals surface area contributed by atoms with Gasteiger partial charge in [-0.3, -0.25) is 0 Å². The third-order valence-electron chi connectivity index (χ3n) is 3.73. The molecule has 1 aromatic rings. The fourth-order valence-electron chi connectivity index (χ4n) is 2.51. The molecule has 1 aliphatic rings. The highest BCUT2D eigenvalue weighted by Crippen LogP contribution is 2.26. The van der Waals surface area contributed by atoms with Gasteiger partial charge in [-0.15, -0.1) is 0 Å². The molecule has 7 heteroatoms. The summed E-state index contributed by atoms with van der Waals surface area (Å²) < 4.78 is 26.5. The molecular formula is C13H22N4O2S. The van der Waals surface area contributed by atoms with Crippen molar-refractivity contribution < 1.29 is 8.42 Å². The van der Waals surface area contributed by atoms with Gasteiger partial charge in [0.25, 0.3) is 0 Å². The summed E-state index contributed by atoms with van der Waals surface area (Å²) >= 11 is 0. The summed E-state index contributed by atoms with van der Waals surface area (Å²) in [7, 11) is -1.83. The average Bonchev–Trinajstić information content (AvgIpc) is 2.48.